The summed E-state index contributed by atoms with van der Waals surface area (Å²) in [4.78, 5) is 8.51. The Hall–Kier alpha value is -2.55. The van der Waals surface area contributed by atoms with Gasteiger partial charge in [-0.15, -0.1) is 11.8 Å². The molecule has 27 heavy (non-hydrogen) atoms. The number of hydrogen-bond acceptors (Lipinski definition) is 6. The zero-order valence-electron chi connectivity index (χ0n) is 14.7. The average molecular weight is 394 g/mol. The largest absolute Gasteiger partial charge is 0.416 e. The quantitative estimate of drug-likeness (QED) is 0.466. The van der Waals surface area contributed by atoms with E-state index in [1.807, 2.05) is 13.2 Å². The van der Waals surface area contributed by atoms with Crippen molar-refractivity contribution in [1.82, 2.24) is 15.1 Å². The van der Waals surface area contributed by atoms with Gasteiger partial charge >= 0.3 is 6.18 Å². The van der Waals surface area contributed by atoms with E-state index in [1.54, 1.807) is 17.8 Å². The van der Waals surface area contributed by atoms with Crippen LogP contribution in [0.1, 0.15) is 23.8 Å². The lowest BCUT2D eigenvalue weighted by atomic mass is 10.1. The van der Waals surface area contributed by atoms with Gasteiger partial charge in [0.05, 0.1) is 12.1 Å². The maximum atomic E-state index is 12.6. The number of benzene rings is 1. The monoisotopic (exact) mass is 394 g/mol. The van der Waals surface area contributed by atoms with Crippen LogP contribution in [0, 0.1) is 0 Å². The van der Waals surface area contributed by atoms with E-state index in [0.29, 0.717) is 23.6 Å². The molecule has 1 aromatic carbocycles. The minimum Gasteiger partial charge on any atom is -0.362 e. The topological polar surface area (TPSA) is 63.8 Å². The highest BCUT2D eigenvalue weighted by Crippen LogP contribution is 2.31. The molecule has 142 valence electrons. The normalized spacial score (nSPS) is 11.6. The van der Waals surface area contributed by atoms with E-state index in [4.69, 9.17) is 4.52 Å². The van der Waals surface area contributed by atoms with Gasteiger partial charge in [-0.2, -0.15) is 13.2 Å². The minimum absolute atomic E-state index is 0.353. The molecule has 0 aliphatic heterocycles. The molecule has 5 nitrogen and oxygen atoms in total. The van der Waals surface area contributed by atoms with Crippen LogP contribution in [0.25, 0.3) is 11.3 Å². The van der Waals surface area contributed by atoms with Gasteiger partial charge in [-0.25, -0.2) is 9.97 Å². The Kier molecular flexibility index (Phi) is 5.69. The van der Waals surface area contributed by atoms with Crippen molar-refractivity contribution in [2.45, 2.75) is 31.1 Å². The van der Waals surface area contributed by atoms with Crippen molar-refractivity contribution in [2.24, 2.45) is 0 Å². The summed E-state index contributed by atoms with van der Waals surface area (Å²) in [6.45, 7) is 2.38. The fourth-order valence-corrected chi connectivity index (χ4v) is 3.22. The van der Waals surface area contributed by atoms with E-state index in [9.17, 15) is 13.2 Å². The first-order valence-electron chi connectivity index (χ1n) is 8.17. The van der Waals surface area contributed by atoms with Crippen molar-refractivity contribution in [3.8, 4) is 11.3 Å². The second kappa shape index (κ2) is 7.99. The Balaban J connectivity index is 1.72. The molecule has 9 heteroatoms. The van der Waals surface area contributed by atoms with E-state index in [-0.39, 0.29) is 0 Å². The third kappa shape index (κ3) is 4.41. The molecule has 0 aliphatic rings. The summed E-state index contributed by atoms with van der Waals surface area (Å²) >= 11 is 1.55. The van der Waals surface area contributed by atoms with E-state index in [1.165, 1.54) is 18.5 Å². The molecule has 0 saturated carbocycles. The van der Waals surface area contributed by atoms with Crippen LogP contribution in [0.15, 0.2) is 46.2 Å². The van der Waals surface area contributed by atoms with Crippen LogP contribution in [-0.2, 0) is 19.1 Å². The Morgan fingerprint density at radius 2 is 1.89 bits per heavy atom. The van der Waals surface area contributed by atoms with Gasteiger partial charge in [-0.05, 0) is 24.8 Å². The van der Waals surface area contributed by atoms with Crippen molar-refractivity contribution >= 4 is 17.6 Å². The molecule has 0 spiro atoms. The molecule has 0 bridgehead atoms. The Morgan fingerprint density at radius 3 is 2.52 bits per heavy atom. The zero-order valence-corrected chi connectivity index (χ0v) is 15.5. The number of nitrogens with one attached hydrogen (secondary N) is 1. The van der Waals surface area contributed by atoms with Crippen LogP contribution in [0.4, 0.5) is 19.0 Å². The van der Waals surface area contributed by atoms with Gasteiger partial charge in [0.2, 0.25) is 0 Å². The van der Waals surface area contributed by atoms with Gasteiger partial charge in [0.1, 0.15) is 22.9 Å². The van der Waals surface area contributed by atoms with Gasteiger partial charge in [-0.1, -0.05) is 24.2 Å². The van der Waals surface area contributed by atoms with E-state index >= 15 is 0 Å². The fraction of sp³-hybridized carbons (Fsp3) is 0.278. The first-order chi connectivity index (χ1) is 12.9. The van der Waals surface area contributed by atoms with Crippen LogP contribution in [-0.4, -0.2) is 21.4 Å². The summed E-state index contributed by atoms with van der Waals surface area (Å²) in [6.07, 6.45) is -0.118. The van der Waals surface area contributed by atoms with Crippen LogP contribution in [0.2, 0.25) is 0 Å². The zero-order chi connectivity index (χ0) is 19.4. The number of aromatic nitrogens is 3. The predicted molar refractivity (Wildman–Crippen MR) is 97.5 cm³/mol. The Labute approximate surface area is 158 Å². The molecule has 0 radical (unpaired) electrons. The maximum Gasteiger partial charge on any atom is 0.416 e. The maximum absolute atomic E-state index is 12.6. The summed E-state index contributed by atoms with van der Waals surface area (Å²) in [5, 5.41) is 8.05. The molecule has 0 unspecified atom stereocenters. The molecule has 0 aliphatic carbocycles. The number of hydrogen-bond donors (Lipinski definition) is 1. The lowest BCUT2D eigenvalue weighted by molar-refractivity contribution is -0.137. The Bertz CT molecular complexity index is 910. The number of alkyl halides is 3. The number of rotatable bonds is 6. The first-order valence-corrected chi connectivity index (χ1v) is 9.39. The van der Waals surface area contributed by atoms with Gasteiger partial charge in [-0.3, -0.25) is 0 Å². The predicted octanol–water partition coefficient (Wildman–Crippen LogP) is 5.05. The van der Waals surface area contributed by atoms with Crippen LogP contribution in [0.5, 0.6) is 0 Å². The number of halogens is 3. The average Bonchev–Trinajstić information content (AvgIpc) is 3.14. The van der Waals surface area contributed by atoms with Crippen molar-refractivity contribution in [2.75, 3.05) is 11.6 Å². The standard InChI is InChI=1S/C18H17F3N4OS/c1-3-14-16(23-10-24-17(14)27-2)22-9-13-8-15(25-26-13)11-4-6-12(7-5-11)18(19,20)21/h4-8,10H,3,9H2,1-2H3,(H,22,23,24). The lowest BCUT2D eigenvalue weighted by Crippen LogP contribution is -2.05. The van der Waals surface area contributed by atoms with Crippen LogP contribution < -0.4 is 5.32 Å². The first kappa shape index (κ1) is 19.2. The summed E-state index contributed by atoms with van der Waals surface area (Å²) < 4.78 is 43.2. The van der Waals surface area contributed by atoms with E-state index in [0.717, 1.165) is 35.0 Å². The second-order valence-electron chi connectivity index (χ2n) is 5.67. The fourth-order valence-electron chi connectivity index (χ4n) is 2.58. The smallest absolute Gasteiger partial charge is 0.362 e. The molecule has 0 amide bonds. The van der Waals surface area contributed by atoms with Gasteiger partial charge in [0, 0.05) is 17.2 Å². The van der Waals surface area contributed by atoms with E-state index < -0.39 is 11.7 Å². The van der Waals surface area contributed by atoms with Crippen molar-refractivity contribution in [3.05, 3.63) is 53.5 Å². The van der Waals surface area contributed by atoms with Gasteiger partial charge in [0.15, 0.2) is 5.76 Å². The highest BCUT2D eigenvalue weighted by molar-refractivity contribution is 7.98. The molecule has 0 saturated heterocycles. The summed E-state index contributed by atoms with van der Waals surface area (Å²) in [6, 6.07) is 6.50. The van der Waals surface area contributed by atoms with Crippen LogP contribution in [0.3, 0.4) is 0 Å². The third-order valence-corrected chi connectivity index (χ3v) is 4.69. The molecule has 2 heterocycles. The number of anilines is 1. The molecular weight excluding hydrogens is 377 g/mol. The molecule has 2 aromatic heterocycles. The van der Waals surface area contributed by atoms with Crippen molar-refractivity contribution in [1.29, 1.82) is 0 Å². The number of thioether (sulfide) groups is 1. The molecule has 1 N–H and O–H groups in total. The second-order valence-corrected chi connectivity index (χ2v) is 6.47. The van der Waals surface area contributed by atoms with Gasteiger partial charge < -0.3 is 9.84 Å². The molecular formula is C18H17F3N4OS. The SMILES string of the molecule is CCc1c(NCc2cc(-c3ccc(C(F)(F)F)cc3)no2)ncnc1SC. The molecule has 0 atom stereocenters. The summed E-state index contributed by atoms with van der Waals surface area (Å²) in [7, 11) is 0. The molecule has 3 aromatic rings. The minimum atomic E-state index is -4.36. The Morgan fingerprint density at radius 1 is 1.15 bits per heavy atom. The van der Waals surface area contributed by atoms with Crippen molar-refractivity contribution in [3.63, 3.8) is 0 Å². The van der Waals surface area contributed by atoms with E-state index in [2.05, 4.69) is 20.4 Å². The lowest BCUT2D eigenvalue weighted by Gasteiger charge is -2.10. The summed E-state index contributed by atoms with van der Waals surface area (Å²) in [5.41, 5.74) is 1.35. The summed E-state index contributed by atoms with van der Waals surface area (Å²) in [5.74, 6) is 1.28. The number of nitrogens with zero attached hydrogens (tertiary/aromatic N) is 3. The molecule has 0 fully saturated rings. The highest BCUT2D eigenvalue weighted by atomic mass is 32.2. The highest BCUT2D eigenvalue weighted by Gasteiger charge is 2.30. The molecule has 3 rings (SSSR count). The van der Waals surface area contributed by atoms with Crippen LogP contribution >= 0.6 is 11.8 Å². The van der Waals surface area contributed by atoms with Gasteiger partial charge in [0.25, 0.3) is 0 Å². The third-order valence-electron chi connectivity index (χ3n) is 3.95. The van der Waals surface area contributed by atoms with Crippen molar-refractivity contribution < 1.29 is 17.7 Å².